The molecule has 0 fully saturated rings. The van der Waals surface area contributed by atoms with Crippen LogP contribution >= 0.6 is 11.6 Å². The Hall–Kier alpha value is -1.88. The van der Waals surface area contributed by atoms with Crippen LogP contribution in [0.25, 0.3) is 0 Å². The molecule has 0 bridgehead atoms. The second-order valence-corrected chi connectivity index (χ2v) is 5.26. The van der Waals surface area contributed by atoms with Gasteiger partial charge in [0, 0.05) is 6.54 Å². The number of benzene rings is 1. The van der Waals surface area contributed by atoms with Gasteiger partial charge >= 0.3 is 5.69 Å². The summed E-state index contributed by atoms with van der Waals surface area (Å²) in [6.45, 7) is 2.55. The number of nitro groups is 1. The van der Waals surface area contributed by atoms with Crippen molar-refractivity contribution in [3.8, 4) is 0 Å². The van der Waals surface area contributed by atoms with Crippen molar-refractivity contribution in [2.75, 3.05) is 0 Å². The van der Waals surface area contributed by atoms with Crippen molar-refractivity contribution in [3.63, 3.8) is 0 Å². The van der Waals surface area contributed by atoms with E-state index in [0.29, 0.717) is 18.7 Å². The quantitative estimate of drug-likeness (QED) is 0.573. The fourth-order valence-corrected chi connectivity index (χ4v) is 2.59. The lowest BCUT2D eigenvalue weighted by atomic mass is 10.1. The molecule has 0 saturated carbocycles. The lowest BCUT2D eigenvalue weighted by Gasteiger charge is -2.03. The van der Waals surface area contributed by atoms with Crippen LogP contribution < -0.4 is 0 Å². The van der Waals surface area contributed by atoms with Crippen LogP contribution in [0.2, 0.25) is 5.15 Å². The monoisotopic (exact) mass is 307 g/mol. The molecule has 0 aliphatic carbocycles. The Balaban J connectivity index is 2.06. The third-order valence-corrected chi connectivity index (χ3v) is 3.66. The number of halogens is 1. The second kappa shape index (κ2) is 7.22. The number of hydrogen-bond donors (Lipinski definition) is 0. The van der Waals surface area contributed by atoms with Gasteiger partial charge in [-0.3, -0.25) is 10.1 Å². The molecule has 0 atom stereocenters. The van der Waals surface area contributed by atoms with Crippen LogP contribution in [-0.4, -0.2) is 14.7 Å². The maximum Gasteiger partial charge on any atom is 0.329 e. The molecule has 0 amide bonds. The van der Waals surface area contributed by atoms with E-state index in [0.717, 1.165) is 19.3 Å². The highest BCUT2D eigenvalue weighted by molar-refractivity contribution is 6.31. The molecule has 1 aromatic heterocycles. The van der Waals surface area contributed by atoms with Crippen LogP contribution in [0.3, 0.4) is 0 Å². The zero-order chi connectivity index (χ0) is 15.2. The normalized spacial score (nSPS) is 10.8. The van der Waals surface area contributed by atoms with Gasteiger partial charge < -0.3 is 0 Å². The first-order valence-corrected chi connectivity index (χ1v) is 7.44. The predicted molar refractivity (Wildman–Crippen MR) is 82.6 cm³/mol. The summed E-state index contributed by atoms with van der Waals surface area (Å²) in [4.78, 5) is 10.7. The number of nitrogens with zero attached hydrogens (tertiary/aromatic N) is 3. The number of aryl methyl sites for hydroxylation is 3. The minimum Gasteiger partial charge on any atom is -0.258 e. The molecule has 5 nitrogen and oxygen atoms in total. The first-order valence-electron chi connectivity index (χ1n) is 7.07. The van der Waals surface area contributed by atoms with Gasteiger partial charge in [0.2, 0.25) is 5.15 Å². The number of aromatic nitrogens is 2. The Morgan fingerprint density at radius 3 is 2.62 bits per heavy atom. The lowest BCUT2D eigenvalue weighted by Crippen LogP contribution is -2.02. The van der Waals surface area contributed by atoms with Crippen molar-refractivity contribution in [1.29, 1.82) is 0 Å². The molecule has 6 heteroatoms. The molecule has 0 aliphatic heterocycles. The van der Waals surface area contributed by atoms with E-state index in [2.05, 4.69) is 17.2 Å². The fourth-order valence-electron chi connectivity index (χ4n) is 2.29. The van der Waals surface area contributed by atoms with Crippen molar-refractivity contribution in [2.45, 2.75) is 39.2 Å². The molecule has 112 valence electrons. The van der Waals surface area contributed by atoms with E-state index >= 15 is 0 Å². The summed E-state index contributed by atoms with van der Waals surface area (Å²) in [5.74, 6) is 0. The van der Waals surface area contributed by atoms with Crippen molar-refractivity contribution in [3.05, 3.63) is 56.9 Å². The first kappa shape index (κ1) is 15.5. The average molecular weight is 308 g/mol. The van der Waals surface area contributed by atoms with Crippen LogP contribution in [0.4, 0.5) is 5.69 Å². The van der Waals surface area contributed by atoms with Gasteiger partial charge in [-0.25, -0.2) is 4.68 Å². The van der Waals surface area contributed by atoms with Crippen LogP contribution in [0.1, 0.15) is 31.0 Å². The Kier molecular flexibility index (Phi) is 5.33. The summed E-state index contributed by atoms with van der Waals surface area (Å²) in [5, 5.41) is 15.5. The molecule has 1 heterocycles. The summed E-state index contributed by atoms with van der Waals surface area (Å²) in [7, 11) is 0. The van der Waals surface area contributed by atoms with E-state index in [9.17, 15) is 10.1 Å². The Labute approximate surface area is 128 Å². The maximum absolute atomic E-state index is 11.1. The summed E-state index contributed by atoms with van der Waals surface area (Å²) in [6.07, 6.45) is 3.11. The van der Waals surface area contributed by atoms with Crippen LogP contribution in [0.15, 0.2) is 30.3 Å². The molecule has 0 saturated heterocycles. The van der Waals surface area contributed by atoms with Gasteiger partial charge in [-0.2, -0.15) is 5.10 Å². The van der Waals surface area contributed by atoms with Crippen LogP contribution in [0.5, 0.6) is 0 Å². The van der Waals surface area contributed by atoms with E-state index in [-0.39, 0.29) is 10.8 Å². The van der Waals surface area contributed by atoms with Crippen molar-refractivity contribution < 1.29 is 4.92 Å². The fraction of sp³-hybridized carbons (Fsp3) is 0.400. The zero-order valence-electron chi connectivity index (χ0n) is 12.0. The van der Waals surface area contributed by atoms with Gasteiger partial charge in [-0.15, -0.1) is 0 Å². The SMILES string of the molecule is CCCc1nn(CCCc2ccccc2)c(Cl)c1[N+](=O)[O-]. The standard InChI is InChI=1S/C15H18ClN3O2/c1-2-7-13-14(19(20)21)15(16)18(17-13)11-6-10-12-8-4-3-5-9-12/h3-5,8-9H,2,6-7,10-11H2,1H3. The molecular weight excluding hydrogens is 290 g/mol. The molecule has 21 heavy (non-hydrogen) atoms. The highest BCUT2D eigenvalue weighted by Gasteiger charge is 2.25. The third-order valence-electron chi connectivity index (χ3n) is 3.28. The number of hydrogen-bond acceptors (Lipinski definition) is 3. The van der Waals surface area contributed by atoms with E-state index in [4.69, 9.17) is 11.6 Å². The largest absolute Gasteiger partial charge is 0.329 e. The maximum atomic E-state index is 11.1. The first-order chi connectivity index (χ1) is 10.1. The molecule has 2 rings (SSSR count). The van der Waals surface area contributed by atoms with Gasteiger partial charge in [0.1, 0.15) is 5.69 Å². The molecule has 0 N–H and O–H groups in total. The summed E-state index contributed by atoms with van der Waals surface area (Å²) >= 11 is 6.10. The lowest BCUT2D eigenvalue weighted by molar-refractivity contribution is -0.385. The molecular formula is C15H18ClN3O2. The van der Waals surface area contributed by atoms with Gasteiger partial charge in [0.05, 0.1) is 4.92 Å². The van der Waals surface area contributed by atoms with Gasteiger partial charge in [0.15, 0.2) is 0 Å². The average Bonchev–Trinajstić information content (AvgIpc) is 2.77. The zero-order valence-corrected chi connectivity index (χ0v) is 12.7. The molecule has 0 aliphatic rings. The van der Waals surface area contributed by atoms with E-state index in [1.54, 1.807) is 4.68 Å². The Morgan fingerprint density at radius 2 is 2.00 bits per heavy atom. The molecule has 0 unspecified atom stereocenters. The minimum absolute atomic E-state index is 0.0433. The van der Waals surface area contributed by atoms with Crippen molar-refractivity contribution >= 4 is 17.3 Å². The summed E-state index contributed by atoms with van der Waals surface area (Å²) in [5.41, 5.74) is 1.68. The van der Waals surface area contributed by atoms with E-state index in [1.165, 1.54) is 5.56 Å². The third kappa shape index (κ3) is 3.82. The van der Waals surface area contributed by atoms with Crippen molar-refractivity contribution in [1.82, 2.24) is 9.78 Å². The van der Waals surface area contributed by atoms with Crippen LogP contribution in [0, 0.1) is 10.1 Å². The molecule has 0 radical (unpaired) electrons. The molecule has 0 spiro atoms. The summed E-state index contributed by atoms with van der Waals surface area (Å²) < 4.78 is 1.55. The minimum atomic E-state index is -0.436. The molecule has 2 aromatic rings. The van der Waals surface area contributed by atoms with Gasteiger partial charge in [0.25, 0.3) is 0 Å². The Bertz CT molecular complexity index is 611. The van der Waals surface area contributed by atoms with E-state index < -0.39 is 4.92 Å². The van der Waals surface area contributed by atoms with Crippen molar-refractivity contribution in [2.24, 2.45) is 0 Å². The van der Waals surface area contributed by atoms with Gasteiger partial charge in [-0.05, 0) is 24.8 Å². The predicted octanol–water partition coefficient (Wildman–Crippen LogP) is 4.03. The smallest absolute Gasteiger partial charge is 0.258 e. The Morgan fingerprint density at radius 1 is 1.29 bits per heavy atom. The highest BCUT2D eigenvalue weighted by atomic mass is 35.5. The number of rotatable bonds is 7. The topological polar surface area (TPSA) is 61.0 Å². The van der Waals surface area contributed by atoms with E-state index in [1.807, 2.05) is 25.1 Å². The second-order valence-electron chi connectivity index (χ2n) is 4.91. The summed E-state index contributed by atoms with van der Waals surface area (Å²) in [6, 6.07) is 10.1. The molecule has 1 aromatic carbocycles. The van der Waals surface area contributed by atoms with Crippen LogP contribution in [-0.2, 0) is 19.4 Å². The van der Waals surface area contributed by atoms with Gasteiger partial charge in [-0.1, -0.05) is 55.3 Å². The highest BCUT2D eigenvalue weighted by Crippen LogP contribution is 2.29.